The highest BCUT2D eigenvalue weighted by atomic mass is 16.5. The molecule has 0 aromatic heterocycles. The summed E-state index contributed by atoms with van der Waals surface area (Å²) < 4.78 is 10.6. The van der Waals surface area contributed by atoms with E-state index >= 15 is 0 Å². The van der Waals surface area contributed by atoms with Crippen molar-refractivity contribution in [3.8, 4) is 11.5 Å². The van der Waals surface area contributed by atoms with E-state index in [9.17, 15) is 14.4 Å². The lowest BCUT2D eigenvalue weighted by Gasteiger charge is -2.19. The van der Waals surface area contributed by atoms with Gasteiger partial charge >= 0.3 is 5.97 Å². The van der Waals surface area contributed by atoms with Crippen LogP contribution in [0.1, 0.15) is 31.1 Å². The van der Waals surface area contributed by atoms with Gasteiger partial charge in [0, 0.05) is 18.2 Å². The van der Waals surface area contributed by atoms with Crippen molar-refractivity contribution in [2.24, 2.45) is 0 Å². The lowest BCUT2D eigenvalue weighted by molar-refractivity contribution is -0.137. The molecule has 0 aliphatic rings. The summed E-state index contributed by atoms with van der Waals surface area (Å²) >= 11 is 0. The van der Waals surface area contributed by atoms with E-state index in [0.29, 0.717) is 5.75 Å². The number of methoxy groups -OCH3 is 1. The lowest BCUT2D eigenvalue weighted by atomic mass is 10.1. The summed E-state index contributed by atoms with van der Waals surface area (Å²) in [5, 5.41) is 11.6. The van der Waals surface area contributed by atoms with Crippen molar-refractivity contribution in [1.82, 2.24) is 10.2 Å². The molecule has 138 valence electrons. The van der Waals surface area contributed by atoms with Crippen LogP contribution in [0.15, 0.2) is 18.2 Å². The van der Waals surface area contributed by atoms with Crippen LogP contribution in [0, 0.1) is 0 Å². The van der Waals surface area contributed by atoms with Crippen LogP contribution >= 0.6 is 0 Å². The molecule has 8 nitrogen and oxygen atoms in total. The molecule has 2 N–H and O–H groups in total. The fourth-order valence-corrected chi connectivity index (χ4v) is 2.10. The van der Waals surface area contributed by atoms with E-state index in [-0.39, 0.29) is 43.0 Å². The number of hydrogen-bond acceptors (Lipinski definition) is 5. The minimum atomic E-state index is -1.08. The van der Waals surface area contributed by atoms with Crippen LogP contribution < -0.4 is 14.8 Å². The van der Waals surface area contributed by atoms with Crippen molar-refractivity contribution in [3.63, 3.8) is 0 Å². The Morgan fingerprint density at radius 1 is 1.24 bits per heavy atom. The maximum absolute atomic E-state index is 12.4. The fourth-order valence-electron chi connectivity index (χ4n) is 2.10. The largest absolute Gasteiger partial charge is 0.493 e. The number of ether oxygens (including phenoxy) is 2. The highest BCUT2D eigenvalue weighted by molar-refractivity contribution is 5.96. The number of likely N-dealkylation sites (N-methyl/N-ethyl adjacent to an activating group) is 1. The molecule has 0 atom stereocenters. The summed E-state index contributed by atoms with van der Waals surface area (Å²) in [5.74, 6) is -1.17. The van der Waals surface area contributed by atoms with E-state index < -0.39 is 11.9 Å². The first-order chi connectivity index (χ1) is 11.8. The number of rotatable bonds is 9. The zero-order valence-electron chi connectivity index (χ0n) is 14.9. The summed E-state index contributed by atoms with van der Waals surface area (Å²) in [4.78, 5) is 36.1. The zero-order valence-corrected chi connectivity index (χ0v) is 14.9. The molecule has 0 aliphatic heterocycles. The molecular weight excluding hydrogens is 328 g/mol. The first-order valence-electron chi connectivity index (χ1n) is 7.89. The van der Waals surface area contributed by atoms with Crippen LogP contribution in [-0.2, 0) is 9.59 Å². The molecule has 1 rings (SSSR count). The molecule has 1 aromatic rings. The summed E-state index contributed by atoms with van der Waals surface area (Å²) in [5.41, 5.74) is 0.277. The van der Waals surface area contributed by atoms with Gasteiger partial charge in [-0.1, -0.05) is 0 Å². The quantitative estimate of drug-likeness (QED) is 0.691. The van der Waals surface area contributed by atoms with E-state index in [0.717, 1.165) is 0 Å². The topological polar surface area (TPSA) is 105 Å². The minimum absolute atomic E-state index is 0.00672. The Morgan fingerprint density at radius 2 is 1.92 bits per heavy atom. The smallest absolute Gasteiger partial charge is 0.323 e. The molecule has 8 heteroatoms. The summed E-state index contributed by atoms with van der Waals surface area (Å²) in [7, 11) is 1.42. The molecule has 0 saturated carbocycles. The third kappa shape index (κ3) is 6.33. The maximum Gasteiger partial charge on any atom is 0.323 e. The molecule has 0 radical (unpaired) electrons. The standard InChI is InChI=1S/C17H24N2O6/c1-5-19(9-16(21)22)17(23)12-6-7-13(14(8-12)24-4)25-10-15(20)18-11(2)3/h6-8,11H,5,9-10H2,1-4H3,(H,18,20)(H,21,22). The predicted molar refractivity (Wildman–Crippen MR) is 91.0 cm³/mol. The van der Waals surface area contributed by atoms with Gasteiger partial charge in [-0.05, 0) is 39.0 Å². The Labute approximate surface area is 146 Å². The zero-order chi connectivity index (χ0) is 19.0. The van der Waals surface area contributed by atoms with Crippen LogP contribution in [0.4, 0.5) is 0 Å². The highest BCUT2D eigenvalue weighted by Crippen LogP contribution is 2.28. The second-order valence-electron chi connectivity index (χ2n) is 5.59. The third-order valence-corrected chi connectivity index (χ3v) is 3.21. The van der Waals surface area contributed by atoms with E-state index in [1.54, 1.807) is 6.92 Å². The van der Waals surface area contributed by atoms with Crippen molar-refractivity contribution in [2.75, 3.05) is 26.8 Å². The van der Waals surface area contributed by atoms with Crippen molar-refractivity contribution in [1.29, 1.82) is 0 Å². The van der Waals surface area contributed by atoms with Gasteiger partial charge in [0.15, 0.2) is 18.1 Å². The van der Waals surface area contributed by atoms with E-state index in [2.05, 4.69) is 5.32 Å². The van der Waals surface area contributed by atoms with Crippen LogP contribution in [-0.4, -0.2) is 60.6 Å². The van der Waals surface area contributed by atoms with Crippen molar-refractivity contribution >= 4 is 17.8 Å². The number of carboxylic acid groups (broad SMARTS) is 1. The molecule has 0 bridgehead atoms. The first-order valence-corrected chi connectivity index (χ1v) is 7.89. The highest BCUT2D eigenvalue weighted by Gasteiger charge is 2.19. The third-order valence-electron chi connectivity index (χ3n) is 3.21. The second kappa shape index (κ2) is 9.51. The van der Waals surface area contributed by atoms with Crippen molar-refractivity contribution < 1.29 is 29.0 Å². The molecule has 0 heterocycles. The Morgan fingerprint density at radius 3 is 2.44 bits per heavy atom. The summed E-state index contributed by atoms with van der Waals surface area (Å²) in [6.07, 6.45) is 0. The molecular formula is C17H24N2O6. The second-order valence-corrected chi connectivity index (χ2v) is 5.59. The molecule has 25 heavy (non-hydrogen) atoms. The fraction of sp³-hybridized carbons (Fsp3) is 0.471. The van der Waals surface area contributed by atoms with Gasteiger partial charge in [0.05, 0.1) is 7.11 Å². The summed E-state index contributed by atoms with van der Waals surface area (Å²) in [6, 6.07) is 4.49. The average molecular weight is 352 g/mol. The van der Waals surface area contributed by atoms with Crippen LogP contribution in [0.25, 0.3) is 0 Å². The molecule has 1 aromatic carbocycles. The van der Waals surface area contributed by atoms with Gasteiger partial charge in [-0.3, -0.25) is 14.4 Å². The number of hydrogen-bond donors (Lipinski definition) is 2. The van der Waals surface area contributed by atoms with Crippen molar-refractivity contribution in [3.05, 3.63) is 23.8 Å². The minimum Gasteiger partial charge on any atom is -0.493 e. The number of nitrogens with one attached hydrogen (secondary N) is 1. The normalized spacial score (nSPS) is 10.3. The van der Waals surface area contributed by atoms with E-state index in [4.69, 9.17) is 14.6 Å². The molecule has 0 spiro atoms. The molecule has 0 saturated heterocycles. The van der Waals surface area contributed by atoms with Gasteiger partial charge in [-0.15, -0.1) is 0 Å². The average Bonchev–Trinajstić information content (AvgIpc) is 2.56. The van der Waals surface area contributed by atoms with Gasteiger partial charge < -0.3 is 24.8 Å². The summed E-state index contributed by atoms with van der Waals surface area (Å²) in [6.45, 7) is 5.09. The van der Waals surface area contributed by atoms with Crippen LogP contribution in [0.5, 0.6) is 11.5 Å². The maximum atomic E-state index is 12.4. The predicted octanol–water partition coefficient (Wildman–Crippen LogP) is 1.15. The Hall–Kier alpha value is -2.77. The number of nitrogens with zero attached hydrogens (tertiary/aromatic N) is 1. The van der Waals surface area contributed by atoms with Gasteiger partial charge in [0.25, 0.3) is 11.8 Å². The van der Waals surface area contributed by atoms with Crippen molar-refractivity contribution in [2.45, 2.75) is 26.8 Å². The number of carbonyl (C=O) groups is 3. The number of amides is 2. The van der Waals surface area contributed by atoms with Crippen LogP contribution in [0.3, 0.4) is 0 Å². The molecule has 2 amide bonds. The Balaban J connectivity index is 2.88. The monoisotopic (exact) mass is 352 g/mol. The van der Waals surface area contributed by atoms with Gasteiger partial charge in [0.1, 0.15) is 6.54 Å². The van der Waals surface area contributed by atoms with Gasteiger partial charge in [0.2, 0.25) is 0 Å². The van der Waals surface area contributed by atoms with E-state index in [1.807, 2.05) is 13.8 Å². The number of carboxylic acids is 1. The number of aliphatic carboxylic acids is 1. The van der Waals surface area contributed by atoms with Crippen LogP contribution in [0.2, 0.25) is 0 Å². The van der Waals surface area contributed by atoms with Gasteiger partial charge in [-0.25, -0.2) is 0 Å². The number of carbonyl (C=O) groups excluding carboxylic acids is 2. The number of benzene rings is 1. The molecule has 0 fully saturated rings. The van der Waals surface area contributed by atoms with E-state index in [1.165, 1.54) is 30.2 Å². The lowest BCUT2D eigenvalue weighted by Crippen LogP contribution is -2.35. The Bertz CT molecular complexity index is 630. The Kier molecular flexibility index (Phi) is 7.71. The molecule has 0 aliphatic carbocycles. The first kappa shape index (κ1) is 20.3. The van der Waals surface area contributed by atoms with Gasteiger partial charge in [-0.2, -0.15) is 0 Å². The SMILES string of the molecule is CCN(CC(=O)O)C(=O)c1ccc(OCC(=O)NC(C)C)c(OC)c1. The molecule has 0 unspecified atom stereocenters.